The smallest absolute Gasteiger partial charge is 0.408 e. The lowest BCUT2D eigenvalue weighted by atomic mass is 10.0. The predicted octanol–water partition coefficient (Wildman–Crippen LogP) is -0.0126. The number of esters is 1. The lowest BCUT2D eigenvalue weighted by molar-refractivity contribution is -0.146. The summed E-state index contributed by atoms with van der Waals surface area (Å²) in [5.41, 5.74) is 1.44. The van der Waals surface area contributed by atoms with E-state index in [-0.39, 0.29) is 13.0 Å². The monoisotopic (exact) mass is 225 g/mol. The molecule has 1 amide bonds. The number of hydrogen-bond donors (Lipinski definition) is 2. The number of H-pyrrole nitrogens is 1. The van der Waals surface area contributed by atoms with Crippen molar-refractivity contribution in [2.75, 3.05) is 7.11 Å². The zero-order valence-corrected chi connectivity index (χ0v) is 8.64. The normalized spacial score (nSPS) is 19.1. The highest BCUT2D eigenvalue weighted by molar-refractivity contribution is 5.81. The van der Waals surface area contributed by atoms with Gasteiger partial charge in [-0.25, -0.2) is 14.6 Å². The van der Waals surface area contributed by atoms with E-state index in [0.29, 0.717) is 5.69 Å². The highest BCUT2D eigenvalue weighted by Gasteiger charge is 2.36. The Morgan fingerprint density at radius 1 is 1.69 bits per heavy atom. The number of carbonyl (C=O) groups excluding carboxylic acids is 1. The maximum absolute atomic E-state index is 11.4. The molecule has 7 nitrogen and oxygen atoms in total. The summed E-state index contributed by atoms with van der Waals surface area (Å²) >= 11 is 0. The Balaban J connectivity index is 2.30. The number of hydrogen-bond acceptors (Lipinski definition) is 4. The van der Waals surface area contributed by atoms with Crippen molar-refractivity contribution < 1.29 is 19.4 Å². The molecule has 0 saturated carbocycles. The van der Waals surface area contributed by atoms with Crippen LogP contribution in [0, 0.1) is 0 Å². The van der Waals surface area contributed by atoms with E-state index in [2.05, 4.69) is 14.7 Å². The average molecular weight is 225 g/mol. The molecule has 0 saturated heterocycles. The van der Waals surface area contributed by atoms with E-state index in [9.17, 15) is 9.59 Å². The van der Waals surface area contributed by atoms with Crippen LogP contribution in [-0.2, 0) is 22.5 Å². The van der Waals surface area contributed by atoms with Crippen LogP contribution in [0.25, 0.3) is 0 Å². The third kappa shape index (κ3) is 1.60. The second kappa shape index (κ2) is 3.84. The van der Waals surface area contributed by atoms with Gasteiger partial charge in [-0.3, -0.25) is 4.90 Å². The van der Waals surface area contributed by atoms with Gasteiger partial charge in [0, 0.05) is 6.42 Å². The molecule has 0 bridgehead atoms. The Bertz CT molecular complexity index is 428. The van der Waals surface area contributed by atoms with Gasteiger partial charge in [0.25, 0.3) is 0 Å². The number of imidazole rings is 1. The zero-order valence-electron chi connectivity index (χ0n) is 8.64. The van der Waals surface area contributed by atoms with E-state index in [0.717, 1.165) is 10.6 Å². The minimum Gasteiger partial charge on any atom is -0.467 e. The van der Waals surface area contributed by atoms with Gasteiger partial charge in [0.15, 0.2) is 0 Å². The highest BCUT2D eigenvalue weighted by atomic mass is 16.5. The van der Waals surface area contributed by atoms with Crippen LogP contribution < -0.4 is 0 Å². The van der Waals surface area contributed by atoms with Crippen LogP contribution in [0.5, 0.6) is 0 Å². The van der Waals surface area contributed by atoms with Crippen LogP contribution in [0.2, 0.25) is 0 Å². The summed E-state index contributed by atoms with van der Waals surface area (Å²) in [6.45, 7) is 0.129. The van der Waals surface area contributed by atoms with Crippen LogP contribution in [0.4, 0.5) is 4.79 Å². The van der Waals surface area contributed by atoms with E-state index in [1.165, 1.54) is 13.4 Å². The molecular weight excluding hydrogens is 214 g/mol. The molecule has 0 aromatic carbocycles. The van der Waals surface area contributed by atoms with Gasteiger partial charge in [0.05, 0.1) is 31.4 Å². The minimum atomic E-state index is -1.14. The molecule has 2 heterocycles. The number of ether oxygens (including phenoxy) is 1. The highest BCUT2D eigenvalue weighted by Crippen LogP contribution is 2.21. The average Bonchev–Trinajstić information content (AvgIpc) is 2.73. The van der Waals surface area contributed by atoms with Crippen LogP contribution >= 0.6 is 0 Å². The molecular formula is C9H11N3O4. The van der Waals surface area contributed by atoms with E-state index >= 15 is 0 Å². The Kier molecular flexibility index (Phi) is 2.51. The quantitative estimate of drug-likeness (QED) is 0.655. The Labute approximate surface area is 91.0 Å². The summed E-state index contributed by atoms with van der Waals surface area (Å²) in [6.07, 6.45) is 0.595. The van der Waals surface area contributed by atoms with Gasteiger partial charge in [0.1, 0.15) is 6.04 Å². The molecule has 86 valence electrons. The molecule has 1 aliphatic heterocycles. The summed E-state index contributed by atoms with van der Waals surface area (Å²) in [5.74, 6) is -0.559. The Hall–Kier alpha value is -2.05. The second-order valence-corrected chi connectivity index (χ2v) is 3.48. The fraction of sp³-hybridized carbons (Fsp3) is 0.444. The summed E-state index contributed by atoms with van der Waals surface area (Å²) in [6, 6.07) is -0.807. The maximum atomic E-state index is 11.4. The molecule has 0 fully saturated rings. The third-order valence-corrected chi connectivity index (χ3v) is 2.62. The number of amides is 1. The number of aromatic amines is 1. The van der Waals surface area contributed by atoms with Crippen LogP contribution in [0.1, 0.15) is 11.4 Å². The van der Waals surface area contributed by atoms with Crippen molar-refractivity contribution in [3.63, 3.8) is 0 Å². The molecule has 0 aliphatic carbocycles. The summed E-state index contributed by atoms with van der Waals surface area (Å²) in [7, 11) is 1.24. The number of aromatic nitrogens is 2. The van der Waals surface area contributed by atoms with Crippen molar-refractivity contribution in [1.29, 1.82) is 0 Å². The number of fused-ring (bicyclic) bond motifs is 1. The molecule has 1 aromatic rings. The van der Waals surface area contributed by atoms with E-state index < -0.39 is 18.1 Å². The molecule has 1 atom stereocenters. The number of carbonyl (C=O) groups is 2. The first-order chi connectivity index (χ1) is 7.63. The summed E-state index contributed by atoms with van der Waals surface area (Å²) in [4.78, 5) is 30.4. The second-order valence-electron chi connectivity index (χ2n) is 3.48. The summed E-state index contributed by atoms with van der Waals surface area (Å²) < 4.78 is 4.58. The lowest BCUT2D eigenvalue weighted by Gasteiger charge is -2.30. The number of methoxy groups -OCH3 is 1. The maximum Gasteiger partial charge on any atom is 0.408 e. The molecule has 1 aliphatic rings. The van der Waals surface area contributed by atoms with Crippen molar-refractivity contribution >= 4 is 12.1 Å². The van der Waals surface area contributed by atoms with Crippen molar-refractivity contribution in [3.05, 3.63) is 17.7 Å². The van der Waals surface area contributed by atoms with Gasteiger partial charge in [-0.1, -0.05) is 0 Å². The minimum absolute atomic E-state index is 0.129. The van der Waals surface area contributed by atoms with Crippen LogP contribution in [-0.4, -0.2) is 45.2 Å². The van der Waals surface area contributed by atoms with E-state index in [1.54, 1.807) is 0 Å². The molecule has 2 rings (SSSR count). The van der Waals surface area contributed by atoms with Crippen LogP contribution in [0.15, 0.2) is 6.33 Å². The molecule has 16 heavy (non-hydrogen) atoms. The van der Waals surface area contributed by atoms with Gasteiger partial charge in [-0.2, -0.15) is 0 Å². The van der Waals surface area contributed by atoms with Gasteiger partial charge < -0.3 is 14.8 Å². The molecule has 1 aromatic heterocycles. The van der Waals surface area contributed by atoms with Crippen molar-refractivity contribution in [1.82, 2.24) is 14.9 Å². The first-order valence-corrected chi connectivity index (χ1v) is 4.72. The van der Waals surface area contributed by atoms with Crippen molar-refractivity contribution in [2.24, 2.45) is 0 Å². The third-order valence-electron chi connectivity index (χ3n) is 2.62. The number of rotatable bonds is 1. The number of nitrogens with zero attached hydrogens (tertiary/aromatic N) is 2. The van der Waals surface area contributed by atoms with E-state index in [1.807, 2.05) is 0 Å². The van der Waals surface area contributed by atoms with Crippen molar-refractivity contribution in [2.45, 2.75) is 19.0 Å². The standard InChI is InChI=1S/C9H11N3O4/c1-16-8(13)7-2-5-6(11-4-10-5)3-12(7)9(14)15/h4,7H,2-3H2,1H3,(H,10,11)(H,14,15)/t7-/m0/s1. The Morgan fingerprint density at radius 3 is 3.06 bits per heavy atom. The molecule has 7 heteroatoms. The SMILES string of the molecule is COC(=O)[C@@H]1Cc2nc[nH]c2CN1C(=O)O. The lowest BCUT2D eigenvalue weighted by Crippen LogP contribution is -2.48. The number of carboxylic acid groups (broad SMARTS) is 1. The van der Waals surface area contributed by atoms with Gasteiger partial charge in [0.2, 0.25) is 0 Å². The van der Waals surface area contributed by atoms with Crippen LogP contribution in [0.3, 0.4) is 0 Å². The van der Waals surface area contributed by atoms with Gasteiger partial charge in [-0.15, -0.1) is 0 Å². The fourth-order valence-corrected chi connectivity index (χ4v) is 1.78. The largest absolute Gasteiger partial charge is 0.467 e. The molecule has 0 spiro atoms. The predicted molar refractivity (Wildman–Crippen MR) is 51.7 cm³/mol. The first kappa shape index (κ1) is 10.5. The number of nitrogens with one attached hydrogen (secondary N) is 1. The zero-order chi connectivity index (χ0) is 11.7. The van der Waals surface area contributed by atoms with Gasteiger partial charge >= 0.3 is 12.1 Å². The molecule has 0 unspecified atom stereocenters. The summed E-state index contributed by atoms with van der Waals surface area (Å²) in [5, 5.41) is 9.00. The fourth-order valence-electron chi connectivity index (χ4n) is 1.78. The Morgan fingerprint density at radius 2 is 2.44 bits per heavy atom. The van der Waals surface area contributed by atoms with Crippen molar-refractivity contribution in [3.8, 4) is 0 Å². The molecule has 2 N–H and O–H groups in total. The van der Waals surface area contributed by atoms with Gasteiger partial charge in [-0.05, 0) is 0 Å². The first-order valence-electron chi connectivity index (χ1n) is 4.72. The topological polar surface area (TPSA) is 95.5 Å². The molecule has 0 radical (unpaired) electrons. The van der Waals surface area contributed by atoms with E-state index in [4.69, 9.17) is 5.11 Å².